The van der Waals surface area contributed by atoms with E-state index in [4.69, 9.17) is 0 Å². The van der Waals surface area contributed by atoms with E-state index in [1.165, 1.54) is 30.6 Å². The van der Waals surface area contributed by atoms with Crippen LogP contribution in [0.1, 0.15) is 53.2 Å². The quantitative estimate of drug-likeness (QED) is 0.801. The van der Waals surface area contributed by atoms with E-state index in [0.29, 0.717) is 36.9 Å². The lowest BCUT2D eigenvalue weighted by molar-refractivity contribution is -0.144. The Kier molecular flexibility index (Phi) is 4.25. The summed E-state index contributed by atoms with van der Waals surface area (Å²) in [5.41, 5.74) is -0.978. The number of carbonyl (C=O) groups excluding carboxylic acids is 3. The number of aromatic nitrogens is 1. The Hall–Kier alpha value is -1.96. The fraction of sp³-hybridized carbons (Fsp3) is 0.667. The Balaban J connectivity index is 1.30. The van der Waals surface area contributed by atoms with Crippen molar-refractivity contribution in [3.63, 3.8) is 0 Å². The summed E-state index contributed by atoms with van der Waals surface area (Å²) in [4.78, 5) is 45.7. The third-order valence-corrected chi connectivity index (χ3v) is 7.11. The average Bonchev–Trinajstić information content (AvgIpc) is 3.10. The van der Waals surface area contributed by atoms with Gasteiger partial charge >= 0.3 is 0 Å². The van der Waals surface area contributed by atoms with Crippen molar-refractivity contribution in [1.29, 1.82) is 0 Å². The number of carbonyl (C=O) groups is 3. The summed E-state index contributed by atoms with van der Waals surface area (Å²) >= 11 is 1.50. The molecule has 8 heteroatoms. The number of nitrogens with one attached hydrogen (secondary N) is 1. The number of hydrogen-bond donors (Lipinski definition) is 1. The molecular formula is C18H24N4O3S. The minimum atomic E-state index is -0.978. The van der Waals surface area contributed by atoms with Crippen LogP contribution >= 0.6 is 11.3 Å². The molecule has 0 spiro atoms. The lowest BCUT2D eigenvalue weighted by atomic mass is 9.86. The molecule has 3 heterocycles. The van der Waals surface area contributed by atoms with Gasteiger partial charge in [-0.2, -0.15) is 0 Å². The summed E-state index contributed by atoms with van der Waals surface area (Å²) < 4.78 is 0. The highest BCUT2D eigenvalue weighted by Gasteiger charge is 2.48. The summed E-state index contributed by atoms with van der Waals surface area (Å²) in [6.07, 6.45) is 5.81. The molecule has 1 aromatic rings. The molecule has 3 fully saturated rings. The Morgan fingerprint density at radius 3 is 2.65 bits per heavy atom. The summed E-state index contributed by atoms with van der Waals surface area (Å²) in [5.74, 6) is 0.165. The van der Waals surface area contributed by atoms with Gasteiger partial charge in [0.25, 0.3) is 5.91 Å². The molecule has 0 radical (unpaired) electrons. The molecule has 140 valence electrons. The van der Waals surface area contributed by atoms with E-state index in [9.17, 15) is 14.4 Å². The molecule has 2 aliphatic heterocycles. The van der Waals surface area contributed by atoms with Crippen molar-refractivity contribution in [2.75, 3.05) is 26.7 Å². The highest BCUT2D eigenvalue weighted by atomic mass is 32.1. The second kappa shape index (κ2) is 6.33. The third-order valence-electron chi connectivity index (χ3n) is 5.96. The fourth-order valence-electron chi connectivity index (χ4n) is 3.70. The lowest BCUT2D eigenvalue weighted by Gasteiger charge is -2.40. The second-order valence-corrected chi connectivity index (χ2v) is 8.94. The molecule has 1 atom stereocenters. The highest BCUT2D eigenvalue weighted by Crippen LogP contribution is 2.38. The normalized spacial score (nSPS) is 26.6. The zero-order chi connectivity index (χ0) is 18.5. The number of hydrogen-bond acceptors (Lipinski definition) is 5. The number of rotatable bonds is 4. The Bertz CT molecular complexity index is 753. The Labute approximate surface area is 156 Å². The number of thiazole rings is 1. The maximum absolute atomic E-state index is 12.5. The number of likely N-dealkylation sites (tertiary alicyclic amines) is 2. The number of nitrogens with zero attached hydrogens (tertiary/aromatic N) is 3. The average molecular weight is 376 g/mol. The molecule has 0 bridgehead atoms. The van der Waals surface area contributed by atoms with Gasteiger partial charge < -0.3 is 15.1 Å². The zero-order valence-electron chi connectivity index (χ0n) is 15.2. The monoisotopic (exact) mass is 376 g/mol. The van der Waals surface area contributed by atoms with E-state index >= 15 is 0 Å². The fourth-order valence-corrected chi connectivity index (χ4v) is 4.75. The van der Waals surface area contributed by atoms with Gasteiger partial charge in [0.2, 0.25) is 11.8 Å². The van der Waals surface area contributed by atoms with Crippen molar-refractivity contribution in [3.05, 3.63) is 16.1 Å². The molecule has 1 aromatic heterocycles. The van der Waals surface area contributed by atoms with E-state index in [1.54, 1.807) is 30.0 Å². The molecule has 2 saturated heterocycles. The molecule has 3 aliphatic rings. The number of amides is 3. The lowest BCUT2D eigenvalue weighted by Crippen LogP contribution is -2.63. The van der Waals surface area contributed by atoms with Crippen LogP contribution in [0.15, 0.2) is 6.20 Å². The van der Waals surface area contributed by atoms with E-state index in [1.807, 2.05) is 0 Å². The SMILES string of the molecule is CN1CCC(C)(C(=O)NC2CN(C(=O)c3cnc(C4CCC4)s3)C2)C1=O. The van der Waals surface area contributed by atoms with Gasteiger partial charge in [0.15, 0.2) is 0 Å². The van der Waals surface area contributed by atoms with E-state index in [0.717, 1.165) is 5.01 Å². The second-order valence-electron chi connectivity index (χ2n) is 7.88. The van der Waals surface area contributed by atoms with E-state index in [-0.39, 0.29) is 23.8 Å². The summed E-state index contributed by atoms with van der Waals surface area (Å²) in [6.45, 7) is 3.28. The third kappa shape index (κ3) is 2.80. The molecule has 3 amide bonds. The van der Waals surface area contributed by atoms with Crippen LogP contribution in [0.25, 0.3) is 0 Å². The molecular weight excluding hydrogens is 352 g/mol. The molecule has 26 heavy (non-hydrogen) atoms. The first-order valence-corrected chi connectivity index (χ1v) is 10.0. The van der Waals surface area contributed by atoms with Crippen molar-refractivity contribution in [2.24, 2.45) is 5.41 Å². The van der Waals surface area contributed by atoms with Crippen LogP contribution in [0.3, 0.4) is 0 Å². The molecule has 7 nitrogen and oxygen atoms in total. The van der Waals surface area contributed by atoms with Gasteiger partial charge in [-0.15, -0.1) is 11.3 Å². The molecule has 4 rings (SSSR count). The van der Waals surface area contributed by atoms with Crippen molar-refractivity contribution >= 4 is 29.1 Å². The van der Waals surface area contributed by atoms with Crippen molar-refractivity contribution < 1.29 is 14.4 Å². The molecule has 1 saturated carbocycles. The topological polar surface area (TPSA) is 82.6 Å². The standard InChI is InChI=1S/C18H24N4O3S/c1-18(6-7-21(2)17(18)25)16(24)20-12-9-22(10-12)15(23)13-8-19-14(26-13)11-4-3-5-11/h8,11-12H,3-7,9-10H2,1-2H3,(H,20,24). The smallest absolute Gasteiger partial charge is 0.265 e. The predicted molar refractivity (Wildman–Crippen MR) is 96.9 cm³/mol. The van der Waals surface area contributed by atoms with Gasteiger partial charge in [0, 0.05) is 32.6 Å². The molecule has 1 unspecified atom stereocenters. The minimum Gasteiger partial charge on any atom is -0.349 e. The van der Waals surface area contributed by atoms with Gasteiger partial charge in [-0.1, -0.05) is 6.42 Å². The van der Waals surface area contributed by atoms with Crippen molar-refractivity contribution in [3.8, 4) is 0 Å². The maximum atomic E-state index is 12.5. The summed E-state index contributed by atoms with van der Waals surface area (Å²) in [7, 11) is 1.72. The first kappa shape index (κ1) is 17.5. The van der Waals surface area contributed by atoms with Gasteiger partial charge in [-0.3, -0.25) is 14.4 Å². The van der Waals surface area contributed by atoms with Crippen LogP contribution in [-0.2, 0) is 9.59 Å². The van der Waals surface area contributed by atoms with Gasteiger partial charge in [0.05, 0.1) is 17.2 Å². The Morgan fingerprint density at radius 1 is 1.35 bits per heavy atom. The summed E-state index contributed by atoms with van der Waals surface area (Å²) in [6, 6.07) is -0.0824. The maximum Gasteiger partial charge on any atom is 0.265 e. The van der Waals surface area contributed by atoms with E-state index in [2.05, 4.69) is 10.3 Å². The van der Waals surface area contributed by atoms with Crippen molar-refractivity contribution in [1.82, 2.24) is 20.1 Å². The molecule has 1 N–H and O–H groups in total. The largest absolute Gasteiger partial charge is 0.349 e. The highest BCUT2D eigenvalue weighted by molar-refractivity contribution is 7.13. The van der Waals surface area contributed by atoms with Gasteiger partial charge in [-0.05, 0) is 26.2 Å². The van der Waals surface area contributed by atoms with Crippen molar-refractivity contribution in [2.45, 2.75) is 44.6 Å². The summed E-state index contributed by atoms with van der Waals surface area (Å²) in [5, 5.41) is 4.01. The first-order valence-electron chi connectivity index (χ1n) is 9.20. The van der Waals surface area contributed by atoms with Crippen LogP contribution in [0, 0.1) is 5.41 Å². The zero-order valence-corrected chi connectivity index (χ0v) is 16.0. The van der Waals surface area contributed by atoms with Crippen LogP contribution in [-0.4, -0.2) is 65.2 Å². The van der Waals surface area contributed by atoms with E-state index < -0.39 is 5.41 Å². The minimum absolute atomic E-state index is 0.0125. The van der Waals surface area contributed by atoms with Gasteiger partial charge in [-0.25, -0.2) is 4.98 Å². The van der Waals surface area contributed by atoms with Crippen LogP contribution in [0.4, 0.5) is 0 Å². The van der Waals surface area contributed by atoms with Crippen LogP contribution < -0.4 is 5.32 Å². The Morgan fingerprint density at radius 2 is 2.08 bits per heavy atom. The van der Waals surface area contributed by atoms with Crippen LogP contribution in [0.5, 0.6) is 0 Å². The van der Waals surface area contributed by atoms with Crippen LogP contribution in [0.2, 0.25) is 0 Å². The molecule has 0 aromatic carbocycles. The first-order chi connectivity index (χ1) is 12.4. The predicted octanol–water partition coefficient (Wildman–Crippen LogP) is 1.22. The molecule has 1 aliphatic carbocycles. The van der Waals surface area contributed by atoms with Gasteiger partial charge in [0.1, 0.15) is 10.3 Å².